The van der Waals surface area contributed by atoms with E-state index in [-0.39, 0.29) is 11.4 Å². The Morgan fingerprint density at radius 3 is 2.90 bits per heavy atom. The van der Waals surface area contributed by atoms with Gasteiger partial charge in [-0.3, -0.25) is 9.52 Å². The quantitative estimate of drug-likeness (QED) is 0.453. The van der Waals surface area contributed by atoms with E-state index in [1.54, 1.807) is 12.1 Å². The first-order valence-corrected chi connectivity index (χ1v) is 12.0. The van der Waals surface area contributed by atoms with Crippen LogP contribution in [0.15, 0.2) is 35.4 Å². The van der Waals surface area contributed by atoms with Gasteiger partial charge in [-0.1, -0.05) is 17.7 Å². The largest absolute Gasteiger partial charge is 0.370 e. The van der Waals surface area contributed by atoms with Crippen molar-refractivity contribution in [3.63, 3.8) is 0 Å². The molecule has 4 bridgehead atoms. The molecule has 2 atom stereocenters. The summed E-state index contributed by atoms with van der Waals surface area (Å²) >= 11 is 6.26. The molecule has 4 rings (SSSR count). The summed E-state index contributed by atoms with van der Waals surface area (Å²) in [4.78, 5) is 24.9. The van der Waals surface area contributed by atoms with Crippen molar-refractivity contribution in [3.05, 3.63) is 41.0 Å². The average molecular weight is 446 g/mol. The van der Waals surface area contributed by atoms with Gasteiger partial charge in [-0.15, -0.1) is 0 Å². The van der Waals surface area contributed by atoms with Crippen molar-refractivity contribution in [1.82, 2.24) is 14.7 Å². The van der Waals surface area contributed by atoms with E-state index in [9.17, 15) is 4.79 Å². The SMILES string of the molecule is C/C=S1/NC(=O)c2ccc(Cl)nc2N2C[C@@H](CCCNc3cccc1n3)CC2(C)C. The molecule has 0 aromatic carbocycles. The zero-order valence-corrected chi connectivity index (χ0v) is 19.2. The highest BCUT2D eigenvalue weighted by atomic mass is 35.5. The Kier molecular flexibility index (Phi) is 6.02. The maximum absolute atomic E-state index is 13.3. The first kappa shape index (κ1) is 21.1. The fourth-order valence-corrected chi connectivity index (χ4v) is 5.73. The number of hydrogen-bond donors (Lipinski definition) is 2. The number of fused-ring (bicyclic) bond motifs is 6. The summed E-state index contributed by atoms with van der Waals surface area (Å²) in [5.41, 5.74) is 0.461. The monoisotopic (exact) mass is 445 g/mol. The lowest BCUT2D eigenvalue weighted by Crippen LogP contribution is -2.40. The van der Waals surface area contributed by atoms with Crippen molar-refractivity contribution in [1.29, 1.82) is 0 Å². The van der Waals surface area contributed by atoms with Crippen molar-refractivity contribution in [2.75, 3.05) is 23.3 Å². The highest BCUT2D eigenvalue weighted by molar-refractivity contribution is 8.13. The molecule has 2 aromatic rings. The predicted molar refractivity (Wildman–Crippen MR) is 126 cm³/mol. The molecule has 0 saturated carbocycles. The van der Waals surface area contributed by atoms with Gasteiger partial charge in [-0.05, 0) is 86.3 Å². The normalized spacial score (nSPS) is 23.7. The average Bonchev–Trinajstić information content (AvgIpc) is 3.02. The van der Waals surface area contributed by atoms with Crippen LogP contribution in [0.25, 0.3) is 0 Å². The van der Waals surface area contributed by atoms with Gasteiger partial charge >= 0.3 is 0 Å². The van der Waals surface area contributed by atoms with Crippen molar-refractivity contribution >= 4 is 45.2 Å². The summed E-state index contributed by atoms with van der Waals surface area (Å²) in [5.74, 6) is 1.89. The van der Waals surface area contributed by atoms with Gasteiger partial charge in [-0.2, -0.15) is 0 Å². The lowest BCUT2D eigenvalue weighted by Gasteiger charge is -2.33. The lowest BCUT2D eigenvalue weighted by atomic mass is 9.93. The van der Waals surface area contributed by atoms with Crippen molar-refractivity contribution in [3.8, 4) is 0 Å². The maximum atomic E-state index is 13.3. The molecule has 2 aromatic heterocycles. The van der Waals surface area contributed by atoms with Gasteiger partial charge in [0.25, 0.3) is 5.91 Å². The number of anilines is 2. The Labute approximate surface area is 185 Å². The summed E-state index contributed by atoms with van der Waals surface area (Å²) in [6, 6.07) is 9.36. The number of carbonyl (C=O) groups is 1. The smallest absolute Gasteiger partial charge is 0.264 e. The fraction of sp³-hybridized carbons (Fsp3) is 0.455. The summed E-state index contributed by atoms with van der Waals surface area (Å²) < 4.78 is 3.14. The zero-order chi connectivity index (χ0) is 21.3. The van der Waals surface area contributed by atoms with E-state index in [2.05, 4.69) is 33.8 Å². The third kappa shape index (κ3) is 4.32. The molecule has 30 heavy (non-hydrogen) atoms. The summed E-state index contributed by atoms with van der Waals surface area (Å²) in [6.07, 6.45) is 3.24. The third-order valence-corrected chi connectivity index (χ3v) is 7.55. The lowest BCUT2D eigenvalue weighted by molar-refractivity contribution is 0.0984. The zero-order valence-electron chi connectivity index (χ0n) is 17.6. The van der Waals surface area contributed by atoms with Gasteiger partial charge < -0.3 is 10.2 Å². The van der Waals surface area contributed by atoms with Gasteiger partial charge in [0, 0.05) is 18.6 Å². The van der Waals surface area contributed by atoms with Gasteiger partial charge in [0.1, 0.15) is 21.8 Å². The number of hydrogen-bond acceptors (Lipinski definition) is 5. The van der Waals surface area contributed by atoms with Crippen LogP contribution in [0.5, 0.6) is 0 Å². The Morgan fingerprint density at radius 2 is 2.10 bits per heavy atom. The van der Waals surface area contributed by atoms with Crippen LogP contribution in [0.2, 0.25) is 5.15 Å². The molecule has 1 saturated heterocycles. The van der Waals surface area contributed by atoms with E-state index in [1.807, 2.05) is 30.5 Å². The second-order valence-electron chi connectivity index (χ2n) is 8.43. The van der Waals surface area contributed by atoms with E-state index in [0.29, 0.717) is 22.5 Å². The molecule has 0 radical (unpaired) electrons. The molecule has 6 nitrogen and oxygen atoms in total. The van der Waals surface area contributed by atoms with Crippen LogP contribution in [0.3, 0.4) is 0 Å². The van der Waals surface area contributed by atoms with Crippen LogP contribution >= 0.6 is 22.3 Å². The summed E-state index contributed by atoms with van der Waals surface area (Å²) in [6.45, 7) is 8.13. The van der Waals surface area contributed by atoms with Crippen molar-refractivity contribution in [2.45, 2.75) is 50.6 Å². The molecule has 160 valence electrons. The highest BCUT2D eigenvalue weighted by Crippen LogP contribution is 2.40. The summed E-state index contributed by atoms with van der Waals surface area (Å²) in [5, 5.41) is 6.64. The molecule has 1 amide bonds. The molecule has 0 aliphatic carbocycles. The molecular weight excluding hydrogens is 418 g/mol. The Bertz CT molecular complexity index is 993. The van der Waals surface area contributed by atoms with Crippen LogP contribution < -0.4 is 14.9 Å². The van der Waals surface area contributed by atoms with Crippen LogP contribution in [-0.4, -0.2) is 39.9 Å². The molecule has 0 spiro atoms. The minimum absolute atomic E-state index is 0.0910. The highest BCUT2D eigenvalue weighted by Gasteiger charge is 2.40. The first-order valence-electron chi connectivity index (χ1n) is 10.4. The topological polar surface area (TPSA) is 70.2 Å². The van der Waals surface area contributed by atoms with E-state index in [4.69, 9.17) is 16.6 Å². The van der Waals surface area contributed by atoms with E-state index in [1.165, 1.54) is 0 Å². The van der Waals surface area contributed by atoms with Gasteiger partial charge in [-0.25, -0.2) is 9.97 Å². The minimum atomic E-state index is -0.620. The standard InChI is InChI=1S/C22H28ClN5OS/c1-4-30-19-9-5-8-18(26-19)24-12-6-7-15-13-22(2,3)28(14-15)20-16(21(29)27-30)10-11-17(23)25-20/h4-5,8-11,15H,6-7,12-14H2,1-3H3,(H,24,26)(H,27,29)/t15-,30?/m0/s1. The Balaban J connectivity index is 1.78. The van der Waals surface area contributed by atoms with Gasteiger partial charge in [0.15, 0.2) is 0 Å². The Hall–Kier alpha value is -2.12. The first-order chi connectivity index (χ1) is 14.4. The summed E-state index contributed by atoms with van der Waals surface area (Å²) in [7, 11) is -0.620. The maximum Gasteiger partial charge on any atom is 0.264 e. The third-order valence-electron chi connectivity index (χ3n) is 5.78. The number of pyridine rings is 2. The van der Waals surface area contributed by atoms with Crippen LogP contribution in [-0.2, 0) is 0 Å². The van der Waals surface area contributed by atoms with Crippen LogP contribution in [0.4, 0.5) is 11.6 Å². The van der Waals surface area contributed by atoms with Gasteiger partial charge in [0.2, 0.25) is 0 Å². The van der Waals surface area contributed by atoms with E-state index < -0.39 is 10.7 Å². The van der Waals surface area contributed by atoms with Crippen molar-refractivity contribution < 1.29 is 4.79 Å². The number of nitrogens with one attached hydrogen (secondary N) is 2. The number of aromatic nitrogens is 2. The van der Waals surface area contributed by atoms with Crippen LogP contribution in [0.1, 0.15) is 50.4 Å². The van der Waals surface area contributed by atoms with Gasteiger partial charge in [0.05, 0.1) is 5.56 Å². The molecule has 4 heterocycles. The molecular formula is C22H28ClN5OS. The number of nitrogens with zero attached hydrogens (tertiary/aromatic N) is 3. The van der Waals surface area contributed by atoms with Crippen molar-refractivity contribution in [2.24, 2.45) is 5.92 Å². The predicted octanol–water partition coefficient (Wildman–Crippen LogP) is 4.74. The van der Waals surface area contributed by atoms with E-state index in [0.717, 1.165) is 43.2 Å². The second kappa shape index (κ2) is 8.55. The molecule has 2 aliphatic heterocycles. The fourth-order valence-electron chi connectivity index (χ4n) is 4.39. The molecule has 8 heteroatoms. The van der Waals surface area contributed by atoms with Crippen LogP contribution in [0, 0.1) is 5.92 Å². The molecule has 1 fully saturated rings. The Morgan fingerprint density at radius 1 is 1.27 bits per heavy atom. The second-order valence-corrected chi connectivity index (χ2v) is 10.6. The minimum Gasteiger partial charge on any atom is -0.370 e. The van der Waals surface area contributed by atoms with E-state index >= 15 is 0 Å². The number of carbonyl (C=O) groups excluding carboxylic acids is 1. The molecule has 2 aliphatic rings. The molecule has 1 unspecified atom stereocenters. The number of rotatable bonds is 0. The molecule has 2 N–H and O–H groups in total. The number of amides is 1. The number of halogens is 1.